The van der Waals surface area contributed by atoms with Crippen LogP contribution in [0.4, 0.5) is 0 Å². The number of tetrazole rings is 1. The van der Waals surface area contributed by atoms with Crippen LogP contribution in [0.3, 0.4) is 0 Å². The van der Waals surface area contributed by atoms with Crippen molar-refractivity contribution >= 4 is 0 Å². The second-order valence-corrected chi connectivity index (χ2v) is 3.98. The van der Waals surface area contributed by atoms with Gasteiger partial charge < -0.3 is 4.74 Å². The van der Waals surface area contributed by atoms with Gasteiger partial charge in [0.2, 0.25) is 5.82 Å². The molecule has 1 aromatic carbocycles. The third-order valence-corrected chi connectivity index (χ3v) is 2.31. The molecule has 0 bridgehead atoms. The molecule has 0 radical (unpaired) electrons. The highest BCUT2D eigenvalue weighted by Crippen LogP contribution is 2.19. The molecule has 1 heterocycles. The maximum atomic E-state index is 5.38. The molecule has 0 aliphatic carbocycles. The normalized spacial score (nSPS) is 10.8. The van der Waals surface area contributed by atoms with E-state index in [0.29, 0.717) is 12.4 Å². The molecule has 0 saturated carbocycles. The van der Waals surface area contributed by atoms with Crippen LogP contribution in [-0.2, 0) is 0 Å². The largest absolute Gasteiger partial charge is 0.494 e. The second-order valence-electron chi connectivity index (χ2n) is 3.98. The fourth-order valence-corrected chi connectivity index (χ4v) is 1.43. The smallest absolute Gasteiger partial charge is 0.204 e. The van der Waals surface area contributed by atoms with Gasteiger partial charge in [0, 0.05) is 5.56 Å². The Morgan fingerprint density at radius 3 is 2.47 bits per heavy atom. The van der Waals surface area contributed by atoms with Crippen molar-refractivity contribution in [3.63, 3.8) is 0 Å². The number of nitrogens with zero attached hydrogens (tertiary/aromatic N) is 4. The Balaban J connectivity index is 2.21. The SMILES string of the molecule is CCOc1ccc(-c2nnn(C(C)C)n2)cc1. The van der Waals surface area contributed by atoms with Crippen LogP contribution < -0.4 is 4.74 Å². The Kier molecular flexibility index (Phi) is 3.37. The van der Waals surface area contributed by atoms with Gasteiger partial charge in [-0.15, -0.1) is 10.2 Å². The summed E-state index contributed by atoms with van der Waals surface area (Å²) in [7, 11) is 0. The van der Waals surface area contributed by atoms with E-state index in [9.17, 15) is 0 Å². The summed E-state index contributed by atoms with van der Waals surface area (Å²) in [6, 6.07) is 7.92. The molecule has 0 aliphatic heterocycles. The molecular formula is C12H16N4O. The summed E-state index contributed by atoms with van der Waals surface area (Å²) < 4.78 is 5.38. The number of hydrogen-bond acceptors (Lipinski definition) is 4. The summed E-state index contributed by atoms with van der Waals surface area (Å²) in [5, 5.41) is 12.3. The van der Waals surface area contributed by atoms with Crippen molar-refractivity contribution in [1.29, 1.82) is 0 Å². The van der Waals surface area contributed by atoms with Crippen molar-refractivity contribution < 1.29 is 4.74 Å². The van der Waals surface area contributed by atoms with Gasteiger partial charge in [-0.2, -0.15) is 4.80 Å². The topological polar surface area (TPSA) is 52.8 Å². The average molecular weight is 232 g/mol. The van der Waals surface area contributed by atoms with E-state index in [4.69, 9.17) is 4.74 Å². The van der Waals surface area contributed by atoms with Gasteiger partial charge in [0.05, 0.1) is 12.6 Å². The highest BCUT2D eigenvalue weighted by atomic mass is 16.5. The fraction of sp³-hybridized carbons (Fsp3) is 0.417. The van der Waals surface area contributed by atoms with Crippen molar-refractivity contribution in [1.82, 2.24) is 20.2 Å². The van der Waals surface area contributed by atoms with Gasteiger partial charge in [0.25, 0.3) is 0 Å². The Morgan fingerprint density at radius 1 is 1.24 bits per heavy atom. The predicted octanol–water partition coefficient (Wildman–Crippen LogP) is 2.32. The quantitative estimate of drug-likeness (QED) is 0.811. The van der Waals surface area contributed by atoms with Gasteiger partial charge in [0.15, 0.2) is 0 Å². The number of aromatic nitrogens is 4. The van der Waals surface area contributed by atoms with Crippen LogP contribution >= 0.6 is 0 Å². The van der Waals surface area contributed by atoms with E-state index in [1.807, 2.05) is 45.0 Å². The van der Waals surface area contributed by atoms with Crippen molar-refractivity contribution in [2.24, 2.45) is 0 Å². The van der Waals surface area contributed by atoms with Gasteiger partial charge in [0.1, 0.15) is 5.75 Å². The molecule has 17 heavy (non-hydrogen) atoms. The molecule has 0 N–H and O–H groups in total. The van der Waals surface area contributed by atoms with E-state index >= 15 is 0 Å². The molecule has 2 aromatic rings. The molecule has 0 aliphatic rings. The average Bonchev–Trinajstić information content (AvgIpc) is 2.80. The highest BCUT2D eigenvalue weighted by Gasteiger charge is 2.07. The van der Waals surface area contributed by atoms with E-state index in [2.05, 4.69) is 15.4 Å². The monoisotopic (exact) mass is 232 g/mol. The first-order chi connectivity index (χ1) is 8.20. The summed E-state index contributed by atoms with van der Waals surface area (Å²) in [6.07, 6.45) is 0. The van der Waals surface area contributed by atoms with Crippen molar-refractivity contribution in [3.8, 4) is 17.1 Å². The molecule has 0 unspecified atom stereocenters. The van der Waals surface area contributed by atoms with E-state index in [1.54, 1.807) is 4.80 Å². The Hall–Kier alpha value is -1.91. The van der Waals surface area contributed by atoms with Crippen LogP contribution in [0.15, 0.2) is 24.3 Å². The van der Waals surface area contributed by atoms with Crippen LogP contribution in [-0.4, -0.2) is 26.8 Å². The molecule has 0 spiro atoms. The minimum Gasteiger partial charge on any atom is -0.494 e. The number of rotatable bonds is 4. The Morgan fingerprint density at radius 2 is 1.94 bits per heavy atom. The lowest BCUT2D eigenvalue weighted by atomic mass is 10.2. The lowest BCUT2D eigenvalue weighted by molar-refractivity contribution is 0.340. The number of ether oxygens (including phenoxy) is 1. The number of hydrogen-bond donors (Lipinski definition) is 0. The minimum atomic E-state index is 0.221. The van der Waals surface area contributed by atoms with Gasteiger partial charge in [-0.1, -0.05) is 0 Å². The first kappa shape index (κ1) is 11.6. The van der Waals surface area contributed by atoms with Gasteiger partial charge >= 0.3 is 0 Å². The summed E-state index contributed by atoms with van der Waals surface area (Å²) >= 11 is 0. The van der Waals surface area contributed by atoms with E-state index in [-0.39, 0.29) is 6.04 Å². The molecule has 1 aromatic heterocycles. The lowest BCUT2D eigenvalue weighted by Crippen LogP contribution is -2.04. The third-order valence-electron chi connectivity index (χ3n) is 2.31. The maximum Gasteiger partial charge on any atom is 0.204 e. The standard InChI is InChI=1S/C12H16N4O/c1-4-17-11-7-5-10(6-8-11)12-13-15-16(14-12)9(2)3/h5-9H,4H2,1-3H3. The van der Waals surface area contributed by atoms with Crippen molar-refractivity contribution in [2.45, 2.75) is 26.8 Å². The van der Waals surface area contributed by atoms with E-state index in [0.717, 1.165) is 11.3 Å². The molecule has 0 amide bonds. The number of benzene rings is 1. The summed E-state index contributed by atoms with van der Waals surface area (Å²) in [4.78, 5) is 1.60. The first-order valence-corrected chi connectivity index (χ1v) is 5.73. The summed E-state index contributed by atoms with van der Waals surface area (Å²) in [5.41, 5.74) is 0.945. The van der Waals surface area contributed by atoms with Crippen molar-refractivity contribution in [2.75, 3.05) is 6.61 Å². The zero-order chi connectivity index (χ0) is 12.3. The van der Waals surface area contributed by atoms with Gasteiger partial charge in [-0.3, -0.25) is 0 Å². The predicted molar refractivity (Wildman–Crippen MR) is 64.8 cm³/mol. The van der Waals surface area contributed by atoms with Gasteiger partial charge in [-0.25, -0.2) is 0 Å². The molecule has 0 saturated heterocycles. The highest BCUT2D eigenvalue weighted by molar-refractivity contribution is 5.55. The van der Waals surface area contributed by atoms with E-state index < -0.39 is 0 Å². The zero-order valence-electron chi connectivity index (χ0n) is 10.3. The zero-order valence-corrected chi connectivity index (χ0v) is 10.3. The third kappa shape index (κ3) is 2.61. The molecule has 5 nitrogen and oxygen atoms in total. The van der Waals surface area contributed by atoms with Crippen molar-refractivity contribution in [3.05, 3.63) is 24.3 Å². The van der Waals surface area contributed by atoms with Crippen LogP contribution in [0, 0.1) is 0 Å². The molecule has 5 heteroatoms. The first-order valence-electron chi connectivity index (χ1n) is 5.73. The summed E-state index contributed by atoms with van der Waals surface area (Å²) in [5.74, 6) is 1.49. The van der Waals surface area contributed by atoms with Crippen LogP contribution in [0.25, 0.3) is 11.4 Å². The second kappa shape index (κ2) is 4.95. The molecule has 0 atom stereocenters. The van der Waals surface area contributed by atoms with Crippen LogP contribution in [0.1, 0.15) is 26.8 Å². The molecule has 0 fully saturated rings. The fourth-order valence-electron chi connectivity index (χ4n) is 1.43. The van der Waals surface area contributed by atoms with Crippen LogP contribution in [0.2, 0.25) is 0 Å². The Bertz CT molecular complexity index is 476. The van der Waals surface area contributed by atoms with Crippen LogP contribution in [0.5, 0.6) is 5.75 Å². The van der Waals surface area contributed by atoms with Gasteiger partial charge in [-0.05, 0) is 50.3 Å². The maximum absolute atomic E-state index is 5.38. The molecule has 2 rings (SSSR count). The van der Waals surface area contributed by atoms with E-state index in [1.165, 1.54) is 0 Å². The lowest BCUT2D eigenvalue weighted by Gasteiger charge is -2.02. The summed E-state index contributed by atoms with van der Waals surface area (Å²) in [6.45, 7) is 6.66. The minimum absolute atomic E-state index is 0.221. The molecule has 90 valence electrons. The Labute approximate surface area is 100 Å². The molecular weight excluding hydrogens is 216 g/mol.